The molecule has 0 bridgehead atoms. The molecule has 0 aliphatic rings. The van der Waals surface area contributed by atoms with Crippen molar-refractivity contribution in [3.8, 4) is 5.75 Å². The van der Waals surface area contributed by atoms with Crippen molar-refractivity contribution in [3.63, 3.8) is 0 Å². The molecule has 0 atom stereocenters. The summed E-state index contributed by atoms with van der Waals surface area (Å²) >= 11 is 0. The third-order valence-corrected chi connectivity index (χ3v) is 2.64. The Morgan fingerprint density at radius 3 is 2.79 bits per heavy atom. The third-order valence-electron chi connectivity index (χ3n) is 2.64. The van der Waals surface area contributed by atoms with E-state index < -0.39 is 0 Å². The Morgan fingerprint density at radius 2 is 2.16 bits per heavy atom. The number of carbonyl (C=O) groups is 1. The van der Waals surface area contributed by atoms with Gasteiger partial charge in [0.25, 0.3) is 5.91 Å². The minimum atomic E-state index is -0.187. The number of hydrogen-bond donors (Lipinski definition) is 2. The van der Waals surface area contributed by atoms with Gasteiger partial charge in [-0.25, -0.2) is 0 Å². The minimum absolute atomic E-state index is 0.187. The number of hydrogen-bond acceptors (Lipinski definition) is 3. The Balaban J connectivity index is 1.90. The lowest BCUT2D eigenvalue weighted by Gasteiger charge is -2.07. The van der Waals surface area contributed by atoms with E-state index in [2.05, 4.69) is 22.4 Å². The summed E-state index contributed by atoms with van der Waals surface area (Å²) in [6.07, 6.45) is 5.19. The highest BCUT2D eigenvalue weighted by Crippen LogP contribution is 2.16. The second-order valence-corrected chi connectivity index (χ2v) is 4.17. The van der Waals surface area contributed by atoms with Crippen molar-refractivity contribution in [1.82, 2.24) is 10.2 Å². The number of anilines is 1. The summed E-state index contributed by atoms with van der Waals surface area (Å²) in [4.78, 5) is 11.8. The first-order valence-electron chi connectivity index (χ1n) is 6.32. The maximum Gasteiger partial charge on any atom is 0.258 e. The van der Waals surface area contributed by atoms with Gasteiger partial charge < -0.3 is 10.1 Å². The van der Waals surface area contributed by atoms with Crippen LogP contribution >= 0.6 is 0 Å². The summed E-state index contributed by atoms with van der Waals surface area (Å²) in [5, 5.41) is 9.12. The number of aromatic amines is 1. The lowest BCUT2D eigenvalue weighted by molar-refractivity contribution is 0.102. The van der Waals surface area contributed by atoms with Gasteiger partial charge in [0.05, 0.1) is 18.4 Å². The summed E-state index contributed by atoms with van der Waals surface area (Å²) in [6, 6.07) is 7.33. The minimum Gasteiger partial charge on any atom is -0.494 e. The fourth-order valence-electron chi connectivity index (χ4n) is 1.55. The number of ether oxygens (including phenoxy) is 1. The second-order valence-electron chi connectivity index (χ2n) is 4.17. The van der Waals surface area contributed by atoms with Crippen molar-refractivity contribution in [3.05, 3.63) is 42.2 Å². The molecule has 5 heteroatoms. The molecule has 0 unspecified atom stereocenters. The lowest BCUT2D eigenvalue weighted by Crippen LogP contribution is -2.10. The molecule has 0 radical (unpaired) electrons. The number of carbonyl (C=O) groups excluding carboxylic acids is 1. The molecular formula is C14H17N3O2. The number of nitrogens with zero attached hydrogens (tertiary/aromatic N) is 1. The van der Waals surface area contributed by atoms with Crippen LogP contribution in [0.1, 0.15) is 30.1 Å². The molecule has 100 valence electrons. The maximum atomic E-state index is 11.8. The van der Waals surface area contributed by atoms with Crippen LogP contribution in [0.2, 0.25) is 0 Å². The number of H-pyrrole nitrogens is 1. The van der Waals surface area contributed by atoms with Crippen molar-refractivity contribution in [2.24, 2.45) is 0 Å². The van der Waals surface area contributed by atoms with Gasteiger partial charge in [0, 0.05) is 11.9 Å². The van der Waals surface area contributed by atoms with E-state index in [-0.39, 0.29) is 5.91 Å². The van der Waals surface area contributed by atoms with Crippen LogP contribution in [0.25, 0.3) is 0 Å². The van der Waals surface area contributed by atoms with Crippen molar-refractivity contribution < 1.29 is 9.53 Å². The second kappa shape index (κ2) is 6.58. The third kappa shape index (κ3) is 3.84. The quantitative estimate of drug-likeness (QED) is 0.784. The van der Waals surface area contributed by atoms with Gasteiger partial charge in [-0.2, -0.15) is 5.10 Å². The number of amides is 1. The predicted molar refractivity (Wildman–Crippen MR) is 73.4 cm³/mol. The van der Waals surface area contributed by atoms with Gasteiger partial charge in [-0.1, -0.05) is 13.3 Å². The highest BCUT2D eigenvalue weighted by atomic mass is 16.5. The van der Waals surface area contributed by atoms with Crippen molar-refractivity contribution in [2.45, 2.75) is 19.8 Å². The Morgan fingerprint density at radius 1 is 1.37 bits per heavy atom. The normalized spacial score (nSPS) is 10.2. The fourth-order valence-corrected chi connectivity index (χ4v) is 1.55. The average molecular weight is 259 g/mol. The van der Waals surface area contributed by atoms with Gasteiger partial charge in [-0.15, -0.1) is 0 Å². The van der Waals surface area contributed by atoms with E-state index in [1.54, 1.807) is 6.20 Å². The van der Waals surface area contributed by atoms with Gasteiger partial charge >= 0.3 is 0 Å². The van der Waals surface area contributed by atoms with Gasteiger partial charge in [-0.3, -0.25) is 9.89 Å². The van der Waals surface area contributed by atoms with Gasteiger partial charge in [0.1, 0.15) is 5.75 Å². The summed E-state index contributed by atoms with van der Waals surface area (Å²) in [6.45, 7) is 2.84. The Bertz CT molecular complexity index is 506. The molecule has 0 saturated heterocycles. The van der Waals surface area contributed by atoms with E-state index in [0.29, 0.717) is 5.56 Å². The van der Waals surface area contributed by atoms with Crippen LogP contribution < -0.4 is 10.1 Å². The number of rotatable bonds is 6. The van der Waals surface area contributed by atoms with E-state index in [4.69, 9.17) is 4.74 Å². The zero-order valence-electron chi connectivity index (χ0n) is 10.8. The van der Waals surface area contributed by atoms with Crippen LogP contribution in [0.15, 0.2) is 36.7 Å². The molecule has 1 amide bonds. The predicted octanol–water partition coefficient (Wildman–Crippen LogP) is 2.84. The molecule has 2 aromatic rings. The molecule has 0 aliphatic heterocycles. The van der Waals surface area contributed by atoms with Crippen molar-refractivity contribution >= 4 is 11.6 Å². The lowest BCUT2D eigenvalue weighted by atomic mass is 10.2. The largest absolute Gasteiger partial charge is 0.494 e. The highest BCUT2D eigenvalue weighted by molar-refractivity contribution is 6.03. The number of aromatic nitrogens is 2. The highest BCUT2D eigenvalue weighted by Gasteiger charge is 2.06. The molecule has 0 aliphatic carbocycles. The molecule has 2 N–H and O–H groups in total. The summed E-state index contributed by atoms with van der Waals surface area (Å²) in [5.74, 6) is 0.628. The Kier molecular flexibility index (Phi) is 4.55. The number of unbranched alkanes of at least 4 members (excludes halogenated alkanes) is 1. The SMILES string of the molecule is CCCCOc1ccc(NC(=O)c2cn[nH]c2)cc1. The fraction of sp³-hybridized carbons (Fsp3) is 0.286. The van der Waals surface area contributed by atoms with Crippen LogP contribution in [0, 0.1) is 0 Å². The molecule has 1 heterocycles. The number of benzene rings is 1. The average Bonchev–Trinajstić information content (AvgIpc) is 2.95. The molecule has 19 heavy (non-hydrogen) atoms. The van der Waals surface area contributed by atoms with Crippen LogP contribution in [-0.2, 0) is 0 Å². The van der Waals surface area contributed by atoms with E-state index in [0.717, 1.165) is 30.9 Å². The smallest absolute Gasteiger partial charge is 0.258 e. The molecule has 2 rings (SSSR count). The molecular weight excluding hydrogens is 242 g/mol. The Labute approximate surface area is 112 Å². The van der Waals surface area contributed by atoms with E-state index in [1.165, 1.54) is 6.20 Å². The first kappa shape index (κ1) is 13.1. The molecule has 0 saturated carbocycles. The van der Waals surface area contributed by atoms with Crippen LogP contribution in [0.4, 0.5) is 5.69 Å². The van der Waals surface area contributed by atoms with E-state index in [1.807, 2.05) is 24.3 Å². The first-order valence-corrected chi connectivity index (χ1v) is 6.32. The van der Waals surface area contributed by atoms with E-state index in [9.17, 15) is 4.79 Å². The van der Waals surface area contributed by atoms with Crippen LogP contribution in [0.5, 0.6) is 5.75 Å². The molecule has 1 aromatic heterocycles. The van der Waals surface area contributed by atoms with E-state index >= 15 is 0 Å². The van der Waals surface area contributed by atoms with Crippen molar-refractivity contribution in [2.75, 3.05) is 11.9 Å². The zero-order chi connectivity index (χ0) is 13.5. The monoisotopic (exact) mass is 259 g/mol. The Hall–Kier alpha value is -2.30. The summed E-state index contributed by atoms with van der Waals surface area (Å²) < 4.78 is 5.55. The zero-order valence-corrected chi connectivity index (χ0v) is 10.8. The standard InChI is InChI=1S/C14H17N3O2/c1-2-3-8-19-13-6-4-12(5-7-13)17-14(18)11-9-15-16-10-11/h4-7,9-10H,2-3,8H2,1H3,(H,15,16)(H,17,18). The van der Waals surface area contributed by atoms with Crippen LogP contribution in [0.3, 0.4) is 0 Å². The molecule has 0 spiro atoms. The van der Waals surface area contributed by atoms with Gasteiger partial charge in [-0.05, 0) is 30.7 Å². The van der Waals surface area contributed by atoms with Gasteiger partial charge in [0.15, 0.2) is 0 Å². The maximum absolute atomic E-state index is 11.8. The number of nitrogens with one attached hydrogen (secondary N) is 2. The first-order chi connectivity index (χ1) is 9.29. The topological polar surface area (TPSA) is 67.0 Å². The summed E-state index contributed by atoms with van der Waals surface area (Å²) in [5.41, 5.74) is 1.23. The van der Waals surface area contributed by atoms with Crippen LogP contribution in [-0.4, -0.2) is 22.7 Å². The summed E-state index contributed by atoms with van der Waals surface area (Å²) in [7, 11) is 0. The van der Waals surface area contributed by atoms with Crippen molar-refractivity contribution in [1.29, 1.82) is 0 Å². The molecule has 5 nitrogen and oxygen atoms in total. The van der Waals surface area contributed by atoms with Gasteiger partial charge in [0.2, 0.25) is 0 Å². The molecule has 0 fully saturated rings. The molecule has 1 aromatic carbocycles.